The van der Waals surface area contributed by atoms with Gasteiger partial charge in [0.25, 0.3) is 0 Å². The van der Waals surface area contributed by atoms with Crippen LogP contribution in [0.25, 0.3) is 11.3 Å². The van der Waals surface area contributed by atoms with Crippen molar-refractivity contribution < 1.29 is 9.47 Å². The third-order valence-electron chi connectivity index (χ3n) is 2.47. The van der Waals surface area contributed by atoms with Crippen LogP contribution in [-0.2, 0) is 11.3 Å². The highest BCUT2D eigenvalue weighted by atomic mass is 32.1. The Labute approximate surface area is 123 Å². The van der Waals surface area contributed by atoms with Crippen molar-refractivity contribution in [3.8, 4) is 17.0 Å². The Morgan fingerprint density at radius 1 is 1.30 bits per heavy atom. The summed E-state index contributed by atoms with van der Waals surface area (Å²) in [6.45, 7) is 4.33. The molecule has 1 N–H and O–H groups in total. The zero-order chi connectivity index (χ0) is 14.5. The first kappa shape index (κ1) is 14.6. The zero-order valence-electron chi connectivity index (χ0n) is 11.7. The van der Waals surface area contributed by atoms with Crippen LogP contribution in [0.15, 0.2) is 24.5 Å². The molecule has 5 nitrogen and oxygen atoms in total. The largest absolute Gasteiger partial charge is 0.489 e. The van der Waals surface area contributed by atoms with Gasteiger partial charge in [0.15, 0.2) is 0 Å². The van der Waals surface area contributed by atoms with Gasteiger partial charge in [0.05, 0.1) is 18.0 Å². The van der Waals surface area contributed by atoms with Crippen LogP contribution < -0.4 is 4.74 Å². The number of hydrogen-bond donors (Lipinski definition) is 1. The molecule has 2 heterocycles. The van der Waals surface area contributed by atoms with Crippen molar-refractivity contribution in [2.24, 2.45) is 0 Å². The first-order valence-electron chi connectivity index (χ1n) is 6.29. The minimum atomic E-state index is 0.104. The highest BCUT2D eigenvalue weighted by Crippen LogP contribution is 2.21. The maximum absolute atomic E-state index is 5.64. The maximum atomic E-state index is 5.64. The van der Waals surface area contributed by atoms with Gasteiger partial charge >= 0.3 is 0 Å². The third kappa shape index (κ3) is 3.85. The lowest BCUT2D eigenvalue weighted by atomic mass is 10.2. The predicted molar refractivity (Wildman–Crippen MR) is 79.1 cm³/mol. The number of nitrogens with zero attached hydrogens (tertiary/aromatic N) is 2. The van der Waals surface area contributed by atoms with Gasteiger partial charge in [-0.1, -0.05) is 12.2 Å². The Morgan fingerprint density at radius 2 is 2.10 bits per heavy atom. The van der Waals surface area contributed by atoms with E-state index in [9.17, 15) is 0 Å². The van der Waals surface area contributed by atoms with Crippen molar-refractivity contribution in [1.29, 1.82) is 0 Å². The number of aromatic amines is 1. The summed E-state index contributed by atoms with van der Waals surface area (Å²) in [5.74, 6) is 1.41. The Kier molecular flexibility index (Phi) is 4.81. The number of methoxy groups -OCH3 is 1. The maximum Gasteiger partial charge on any atom is 0.138 e. The molecule has 0 fully saturated rings. The van der Waals surface area contributed by atoms with E-state index in [4.69, 9.17) is 21.7 Å². The Hall–Kier alpha value is -1.79. The van der Waals surface area contributed by atoms with Crippen LogP contribution in [0.5, 0.6) is 5.75 Å². The molecule has 20 heavy (non-hydrogen) atoms. The summed E-state index contributed by atoms with van der Waals surface area (Å²) in [7, 11) is 1.61. The van der Waals surface area contributed by atoms with E-state index in [1.165, 1.54) is 0 Å². The second-order valence-corrected chi connectivity index (χ2v) is 5.01. The van der Waals surface area contributed by atoms with Crippen LogP contribution in [-0.4, -0.2) is 28.2 Å². The number of aromatic nitrogens is 3. The van der Waals surface area contributed by atoms with Crippen molar-refractivity contribution in [1.82, 2.24) is 15.0 Å². The van der Waals surface area contributed by atoms with Crippen LogP contribution in [0.1, 0.15) is 19.7 Å². The van der Waals surface area contributed by atoms with Gasteiger partial charge < -0.3 is 14.5 Å². The van der Waals surface area contributed by atoms with Gasteiger partial charge in [-0.3, -0.25) is 4.98 Å². The molecular weight excluding hydrogens is 274 g/mol. The molecular formula is C14H17N3O2S. The molecule has 0 aliphatic carbocycles. The highest BCUT2D eigenvalue weighted by Gasteiger charge is 2.05. The molecule has 2 aromatic heterocycles. The molecule has 2 aromatic rings. The molecule has 6 heteroatoms. The topological polar surface area (TPSA) is 60.0 Å². The van der Waals surface area contributed by atoms with Gasteiger partial charge in [0.2, 0.25) is 0 Å². The summed E-state index contributed by atoms with van der Waals surface area (Å²) in [6, 6.07) is 3.72. The van der Waals surface area contributed by atoms with Crippen molar-refractivity contribution >= 4 is 12.2 Å². The number of rotatable bonds is 5. The average Bonchev–Trinajstić information content (AvgIpc) is 2.38. The fourth-order valence-corrected chi connectivity index (χ4v) is 2.00. The SMILES string of the molecule is COCc1nc(=S)cc(-c2cncc(OC(C)C)c2)[nH]1. The quantitative estimate of drug-likeness (QED) is 0.858. The lowest BCUT2D eigenvalue weighted by Gasteiger charge is -2.11. The summed E-state index contributed by atoms with van der Waals surface area (Å²) in [5, 5.41) is 0. The lowest BCUT2D eigenvalue weighted by Crippen LogP contribution is -2.06. The van der Waals surface area contributed by atoms with Crippen LogP contribution in [0.3, 0.4) is 0 Å². The minimum Gasteiger partial charge on any atom is -0.489 e. The molecule has 0 radical (unpaired) electrons. The van der Waals surface area contributed by atoms with Crippen LogP contribution in [0.2, 0.25) is 0 Å². The molecule has 0 saturated carbocycles. The van der Waals surface area contributed by atoms with Crippen molar-refractivity contribution in [2.75, 3.05) is 7.11 Å². The summed E-state index contributed by atoms with van der Waals surface area (Å²) in [4.78, 5) is 11.6. The molecule has 0 aliphatic heterocycles. The first-order chi connectivity index (χ1) is 9.58. The fourth-order valence-electron chi connectivity index (χ4n) is 1.77. The normalized spacial score (nSPS) is 10.8. The molecule has 2 rings (SSSR count). The summed E-state index contributed by atoms with van der Waals surface area (Å²) >= 11 is 5.17. The fraction of sp³-hybridized carbons (Fsp3) is 0.357. The number of hydrogen-bond acceptors (Lipinski definition) is 5. The van der Waals surface area contributed by atoms with Crippen LogP contribution in [0.4, 0.5) is 0 Å². The number of nitrogens with one attached hydrogen (secondary N) is 1. The third-order valence-corrected chi connectivity index (χ3v) is 2.68. The Bertz CT molecular complexity index is 640. The van der Waals surface area contributed by atoms with Gasteiger partial charge in [-0.2, -0.15) is 0 Å². The molecule has 0 unspecified atom stereocenters. The first-order valence-corrected chi connectivity index (χ1v) is 6.70. The van der Waals surface area contributed by atoms with E-state index >= 15 is 0 Å². The monoisotopic (exact) mass is 291 g/mol. The molecule has 0 spiro atoms. The van der Waals surface area contributed by atoms with E-state index in [0.717, 1.165) is 17.0 Å². The van der Waals surface area contributed by atoms with Crippen molar-refractivity contribution in [2.45, 2.75) is 26.6 Å². The van der Waals surface area contributed by atoms with Crippen molar-refractivity contribution in [3.05, 3.63) is 35.0 Å². The molecule has 0 aliphatic rings. The molecule has 0 amide bonds. The van der Waals surface area contributed by atoms with Gasteiger partial charge in [0.1, 0.15) is 22.8 Å². The van der Waals surface area contributed by atoms with E-state index in [1.54, 1.807) is 25.6 Å². The molecule has 106 valence electrons. The molecule has 0 aromatic carbocycles. The van der Waals surface area contributed by atoms with E-state index in [0.29, 0.717) is 17.1 Å². The summed E-state index contributed by atoms with van der Waals surface area (Å²) in [6.07, 6.45) is 3.55. The predicted octanol–water partition coefficient (Wildman–Crippen LogP) is 3.13. The average molecular weight is 291 g/mol. The molecule has 0 saturated heterocycles. The van der Waals surface area contributed by atoms with E-state index in [2.05, 4.69) is 15.0 Å². The standard InChI is InChI=1S/C14H17N3O2S/c1-9(2)19-11-4-10(6-15-7-11)12-5-14(20)17-13(16-12)8-18-3/h4-7,9H,8H2,1-3H3,(H,16,17,20). The number of pyridine rings is 1. The van der Waals surface area contributed by atoms with Crippen LogP contribution in [0, 0.1) is 4.64 Å². The minimum absolute atomic E-state index is 0.104. The van der Waals surface area contributed by atoms with E-state index < -0.39 is 0 Å². The molecule has 0 atom stereocenters. The number of ether oxygens (including phenoxy) is 2. The van der Waals surface area contributed by atoms with Crippen molar-refractivity contribution in [3.63, 3.8) is 0 Å². The van der Waals surface area contributed by atoms with Gasteiger partial charge in [-0.25, -0.2) is 4.98 Å². The Morgan fingerprint density at radius 3 is 2.80 bits per heavy atom. The lowest BCUT2D eigenvalue weighted by molar-refractivity contribution is 0.177. The summed E-state index contributed by atoms with van der Waals surface area (Å²) in [5.41, 5.74) is 1.74. The second-order valence-electron chi connectivity index (χ2n) is 4.59. The highest BCUT2D eigenvalue weighted by molar-refractivity contribution is 7.71. The second kappa shape index (κ2) is 6.58. The van der Waals surface area contributed by atoms with Gasteiger partial charge in [0, 0.05) is 18.9 Å². The van der Waals surface area contributed by atoms with E-state index in [1.807, 2.05) is 19.9 Å². The van der Waals surface area contributed by atoms with Gasteiger partial charge in [-0.05, 0) is 26.0 Å². The molecule has 0 bridgehead atoms. The zero-order valence-corrected chi connectivity index (χ0v) is 12.5. The smallest absolute Gasteiger partial charge is 0.138 e. The van der Waals surface area contributed by atoms with Gasteiger partial charge in [-0.15, -0.1) is 0 Å². The number of H-pyrrole nitrogens is 1. The Balaban J connectivity index is 2.38. The summed E-state index contributed by atoms with van der Waals surface area (Å²) < 4.78 is 11.2. The van der Waals surface area contributed by atoms with E-state index in [-0.39, 0.29) is 6.10 Å². The van der Waals surface area contributed by atoms with Crippen LogP contribution >= 0.6 is 12.2 Å².